The molecular weight excluding hydrogens is 188 g/mol. The van der Waals surface area contributed by atoms with E-state index in [1.807, 2.05) is 13.0 Å². The fraction of sp³-hybridized carbons (Fsp3) is 0.286. The van der Waals surface area contributed by atoms with Crippen LogP contribution in [0.3, 0.4) is 0 Å². The number of carbonyl (C=O) groups is 1. The summed E-state index contributed by atoms with van der Waals surface area (Å²) in [5.41, 5.74) is 0.952. The molecular formula is C7H8N4OS. The van der Waals surface area contributed by atoms with Gasteiger partial charge >= 0.3 is 0 Å². The van der Waals surface area contributed by atoms with Crippen LogP contribution in [0.1, 0.15) is 5.69 Å². The number of aromatic amines is 1. The summed E-state index contributed by atoms with van der Waals surface area (Å²) in [7, 11) is 0. The second kappa shape index (κ2) is 3.21. The molecule has 0 radical (unpaired) electrons. The van der Waals surface area contributed by atoms with Gasteiger partial charge in [-0.05, 0) is 6.92 Å². The molecule has 0 saturated carbocycles. The fourth-order valence-electron chi connectivity index (χ4n) is 0.951. The third-order valence-electron chi connectivity index (χ3n) is 1.49. The number of aromatic nitrogens is 2. The number of hydrogen-bond donors (Lipinski definition) is 2. The number of amidine groups is 1. The average Bonchev–Trinajstić information content (AvgIpc) is 2.62. The molecule has 1 amide bonds. The first-order valence-corrected chi connectivity index (χ1v) is 4.76. The van der Waals surface area contributed by atoms with Crippen LogP contribution in [0.4, 0.5) is 5.82 Å². The molecule has 68 valence electrons. The van der Waals surface area contributed by atoms with Gasteiger partial charge in [0.05, 0.1) is 5.75 Å². The Hall–Kier alpha value is -1.30. The summed E-state index contributed by atoms with van der Waals surface area (Å²) >= 11 is 1.39. The summed E-state index contributed by atoms with van der Waals surface area (Å²) < 4.78 is 0. The van der Waals surface area contributed by atoms with Crippen LogP contribution in [-0.4, -0.2) is 27.0 Å². The van der Waals surface area contributed by atoms with Gasteiger partial charge in [-0.15, -0.1) is 0 Å². The highest BCUT2D eigenvalue weighted by molar-refractivity contribution is 8.15. The van der Waals surface area contributed by atoms with E-state index in [0.717, 1.165) is 5.69 Å². The van der Waals surface area contributed by atoms with Crippen LogP contribution in [0.5, 0.6) is 0 Å². The first-order chi connectivity index (χ1) is 6.24. The number of amides is 1. The number of aliphatic imine (C=N–C) groups is 1. The predicted molar refractivity (Wildman–Crippen MR) is 51.0 cm³/mol. The third-order valence-corrected chi connectivity index (χ3v) is 2.37. The zero-order chi connectivity index (χ0) is 9.26. The van der Waals surface area contributed by atoms with Crippen molar-refractivity contribution in [2.45, 2.75) is 6.92 Å². The number of aryl methyl sites for hydroxylation is 1. The minimum Gasteiger partial charge on any atom is -0.304 e. The van der Waals surface area contributed by atoms with E-state index in [2.05, 4.69) is 20.5 Å². The Morgan fingerprint density at radius 3 is 3.08 bits per heavy atom. The first kappa shape index (κ1) is 8.31. The normalized spacial score (nSPS) is 19.5. The standard InChI is InChI=1S/C7H8N4OS/c1-4-2-5(11-10-4)8-7-9-6(12)3-13-7/h2H,3H2,1H3,(H2,8,9,10,11,12). The molecule has 1 aliphatic rings. The summed E-state index contributed by atoms with van der Waals surface area (Å²) in [5.74, 6) is 1.04. The summed E-state index contributed by atoms with van der Waals surface area (Å²) in [4.78, 5) is 14.9. The monoisotopic (exact) mass is 196 g/mol. The summed E-state index contributed by atoms with van der Waals surface area (Å²) in [6.07, 6.45) is 0. The lowest BCUT2D eigenvalue weighted by Crippen LogP contribution is -2.19. The zero-order valence-electron chi connectivity index (χ0n) is 7.00. The molecule has 0 atom stereocenters. The molecule has 0 bridgehead atoms. The molecule has 0 aliphatic carbocycles. The van der Waals surface area contributed by atoms with E-state index in [0.29, 0.717) is 16.7 Å². The van der Waals surface area contributed by atoms with Crippen molar-refractivity contribution in [3.8, 4) is 0 Å². The quantitative estimate of drug-likeness (QED) is 0.689. The van der Waals surface area contributed by atoms with Gasteiger partial charge in [0.15, 0.2) is 11.0 Å². The van der Waals surface area contributed by atoms with Gasteiger partial charge in [0, 0.05) is 11.8 Å². The smallest absolute Gasteiger partial charge is 0.236 e. The van der Waals surface area contributed by atoms with Gasteiger partial charge in [-0.2, -0.15) is 5.10 Å². The lowest BCUT2D eigenvalue weighted by molar-refractivity contribution is -0.116. The number of hydrogen-bond acceptors (Lipinski definition) is 4. The number of H-pyrrole nitrogens is 1. The number of nitrogens with zero attached hydrogens (tertiary/aromatic N) is 2. The van der Waals surface area contributed by atoms with E-state index < -0.39 is 0 Å². The van der Waals surface area contributed by atoms with E-state index in [1.54, 1.807) is 0 Å². The molecule has 2 heterocycles. The van der Waals surface area contributed by atoms with Crippen molar-refractivity contribution in [2.24, 2.45) is 4.99 Å². The van der Waals surface area contributed by atoms with Gasteiger partial charge in [-0.25, -0.2) is 4.99 Å². The molecule has 0 aromatic carbocycles. The highest BCUT2D eigenvalue weighted by Gasteiger charge is 2.16. The van der Waals surface area contributed by atoms with Gasteiger partial charge < -0.3 is 5.32 Å². The third kappa shape index (κ3) is 1.89. The highest BCUT2D eigenvalue weighted by atomic mass is 32.2. The van der Waals surface area contributed by atoms with Crippen LogP contribution in [0.25, 0.3) is 0 Å². The largest absolute Gasteiger partial charge is 0.304 e. The Labute approximate surface area is 79.0 Å². The number of rotatable bonds is 1. The molecule has 1 fully saturated rings. The van der Waals surface area contributed by atoms with Crippen LogP contribution in [-0.2, 0) is 4.79 Å². The van der Waals surface area contributed by atoms with Gasteiger partial charge in [0.25, 0.3) is 0 Å². The van der Waals surface area contributed by atoms with Crippen molar-refractivity contribution in [2.75, 3.05) is 5.75 Å². The first-order valence-electron chi connectivity index (χ1n) is 3.77. The Bertz CT molecular complexity index is 370. The molecule has 5 nitrogen and oxygen atoms in total. The zero-order valence-corrected chi connectivity index (χ0v) is 7.81. The molecule has 1 saturated heterocycles. The number of nitrogens with one attached hydrogen (secondary N) is 2. The lowest BCUT2D eigenvalue weighted by Gasteiger charge is -1.90. The van der Waals surface area contributed by atoms with Crippen LogP contribution >= 0.6 is 11.8 Å². The van der Waals surface area contributed by atoms with E-state index in [1.165, 1.54) is 11.8 Å². The van der Waals surface area contributed by atoms with Crippen molar-refractivity contribution in [1.29, 1.82) is 0 Å². The lowest BCUT2D eigenvalue weighted by atomic mass is 10.5. The van der Waals surface area contributed by atoms with Crippen molar-refractivity contribution in [1.82, 2.24) is 15.5 Å². The van der Waals surface area contributed by atoms with Crippen LogP contribution in [0, 0.1) is 6.92 Å². The molecule has 1 aromatic heterocycles. The Morgan fingerprint density at radius 2 is 2.54 bits per heavy atom. The van der Waals surface area contributed by atoms with Crippen LogP contribution < -0.4 is 5.32 Å². The molecule has 2 N–H and O–H groups in total. The molecule has 2 rings (SSSR count). The molecule has 13 heavy (non-hydrogen) atoms. The number of thioether (sulfide) groups is 1. The second-order valence-electron chi connectivity index (χ2n) is 2.66. The molecule has 0 spiro atoms. The van der Waals surface area contributed by atoms with Crippen LogP contribution in [0.15, 0.2) is 11.1 Å². The van der Waals surface area contributed by atoms with Crippen molar-refractivity contribution in [3.05, 3.63) is 11.8 Å². The molecule has 0 unspecified atom stereocenters. The van der Waals surface area contributed by atoms with Gasteiger partial charge in [-0.3, -0.25) is 9.89 Å². The predicted octanol–water partition coefficient (Wildman–Crippen LogP) is 0.569. The maximum atomic E-state index is 10.8. The van der Waals surface area contributed by atoms with Crippen LogP contribution in [0.2, 0.25) is 0 Å². The Kier molecular flexibility index (Phi) is 2.05. The van der Waals surface area contributed by atoms with Crippen molar-refractivity contribution >= 4 is 28.7 Å². The van der Waals surface area contributed by atoms with Crippen molar-refractivity contribution < 1.29 is 4.79 Å². The Balaban J connectivity index is 2.16. The Morgan fingerprint density at radius 1 is 1.69 bits per heavy atom. The topological polar surface area (TPSA) is 70.1 Å². The second-order valence-corrected chi connectivity index (χ2v) is 3.63. The molecule has 6 heteroatoms. The SMILES string of the molecule is Cc1cc(N=C2NC(=O)CS2)n[nH]1. The molecule has 1 aromatic rings. The minimum atomic E-state index is -0.00370. The van der Waals surface area contributed by atoms with E-state index in [9.17, 15) is 4.79 Å². The maximum absolute atomic E-state index is 10.8. The van der Waals surface area contributed by atoms with E-state index in [4.69, 9.17) is 0 Å². The van der Waals surface area contributed by atoms with Gasteiger partial charge in [0.2, 0.25) is 5.91 Å². The summed E-state index contributed by atoms with van der Waals surface area (Å²) in [6.45, 7) is 1.90. The van der Waals surface area contributed by atoms with E-state index >= 15 is 0 Å². The van der Waals surface area contributed by atoms with Gasteiger partial charge in [-0.1, -0.05) is 11.8 Å². The minimum absolute atomic E-state index is 0.00370. The molecule has 1 aliphatic heterocycles. The highest BCUT2D eigenvalue weighted by Crippen LogP contribution is 2.15. The van der Waals surface area contributed by atoms with E-state index in [-0.39, 0.29) is 5.91 Å². The summed E-state index contributed by atoms with van der Waals surface area (Å²) in [5, 5.41) is 9.96. The average molecular weight is 196 g/mol. The summed E-state index contributed by atoms with van der Waals surface area (Å²) in [6, 6.07) is 1.82. The van der Waals surface area contributed by atoms with Crippen molar-refractivity contribution in [3.63, 3.8) is 0 Å². The number of carbonyl (C=O) groups excluding carboxylic acids is 1. The van der Waals surface area contributed by atoms with Gasteiger partial charge in [0.1, 0.15) is 0 Å². The fourth-order valence-corrected chi connectivity index (χ4v) is 1.63. The maximum Gasteiger partial charge on any atom is 0.236 e.